The van der Waals surface area contributed by atoms with Crippen LogP contribution in [0, 0.1) is 6.92 Å². The van der Waals surface area contributed by atoms with E-state index < -0.39 is 0 Å². The summed E-state index contributed by atoms with van der Waals surface area (Å²) in [5, 5.41) is 8.53. The number of benzene rings is 1. The van der Waals surface area contributed by atoms with E-state index >= 15 is 0 Å². The van der Waals surface area contributed by atoms with Gasteiger partial charge < -0.3 is 9.47 Å². The van der Waals surface area contributed by atoms with Gasteiger partial charge >= 0.3 is 0 Å². The second-order valence-electron chi connectivity index (χ2n) is 6.20. The number of para-hydroxylation sites is 1. The monoisotopic (exact) mass is 299 g/mol. The maximum Gasteiger partial charge on any atom is 0.146 e. The molecule has 5 heteroatoms. The molecule has 0 fully saturated rings. The zero-order valence-electron chi connectivity index (χ0n) is 14.0. The Hall–Kier alpha value is -1.88. The first-order valence-corrected chi connectivity index (χ1v) is 7.98. The van der Waals surface area contributed by atoms with E-state index in [0.717, 1.165) is 37.7 Å². The summed E-state index contributed by atoms with van der Waals surface area (Å²) in [6, 6.07) is 9.23. The Kier molecular flexibility index (Phi) is 4.16. The van der Waals surface area contributed by atoms with Gasteiger partial charge in [-0.25, -0.2) is 0 Å². The van der Waals surface area contributed by atoms with Crippen LogP contribution < -0.4 is 4.90 Å². The normalized spacial score (nSPS) is 19.1. The van der Waals surface area contributed by atoms with Gasteiger partial charge in [-0.3, -0.25) is 4.90 Å². The van der Waals surface area contributed by atoms with E-state index in [2.05, 4.69) is 62.8 Å². The SMILES string of the molecule is CCC1CN(C)c2ccccc2CN1Cc1nnc(C)n1C. The summed E-state index contributed by atoms with van der Waals surface area (Å²) in [4.78, 5) is 4.91. The van der Waals surface area contributed by atoms with E-state index in [0.29, 0.717) is 6.04 Å². The molecule has 0 spiro atoms. The maximum absolute atomic E-state index is 4.34. The summed E-state index contributed by atoms with van der Waals surface area (Å²) in [5.41, 5.74) is 2.73. The van der Waals surface area contributed by atoms with E-state index in [1.165, 1.54) is 11.3 Å². The van der Waals surface area contributed by atoms with Gasteiger partial charge in [0.1, 0.15) is 11.6 Å². The van der Waals surface area contributed by atoms with Gasteiger partial charge in [0.05, 0.1) is 6.54 Å². The minimum atomic E-state index is 0.523. The van der Waals surface area contributed by atoms with Crippen molar-refractivity contribution in [3.8, 4) is 0 Å². The second-order valence-corrected chi connectivity index (χ2v) is 6.20. The lowest BCUT2D eigenvalue weighted by atomic mass is 10.1. The summed E-state index contributed by atoms with van der Waals surface area (Å²) >= 11 is 0. The fraction of sp³-hybridized carbons (Fsp3) is 0.529. The molecule has 2 heterocycles. The average Bonchev–Trinajstić information content (AvgIpc) is 2.77. The van der Waals surface area contributed by atoms with Crippen LogP contribution in [0.1, 0.15) is 30.6 Å². The van der Waals surface area contributed by atoms with Crippen LogP contribution in [-0.2, 0) is 20.1 Å². The zero-order chi connectivity index (χ0) is 15.7. The van der Waals surface area contributed by atoms with Crippen LogP contribution in [0.2, 0.25) is 0 Å². The molecule has 22 heavy (non-hydrogen) atoms. The van der Waals surface area contributed by atoms with E-state index in [4.69, 9.17) is 0 Å². The molecule has 0 amide bonds. The fourth-order valence-electron chi connectivity index (χ4n) is 3.24. The standard InChI is InChI=1S/C17H25N5/c1-5-15-11-20(3)16-9-7-6-8-14(16)10-22(15)12-17-19-18-13(2)21(17)4/h6-9,15H,5,10-12H2,1-4H3. The molecule has 0 bridgehead atoms. The first-order valence-electron chi connectivity index (χ1n) is 7.98. The summed E-state index contributed by atoms with van der Waals surface area (Å²) in [7, 11) is 4.24. The van der Waals surface area contributed by atoms with E-state index in [1.807, 2.05) is 14.0 Å². The number of aromatic nitrogens is 3. The molecule has 0 aliphatic carbocycles. The number of nitrogens with zero attached hydrogens (tertiary/aromatic N) is 5. The summed E-state index contributed by atoms with van der Waals surface area (Å²) < 4.78 is 2.09. The molecule has 0 saturated heterocycles. The highest BCUT2D eigenvalue weighted by molar-refractivity contribution is 5.54. The van der Waals surface area contributed by atoms with Crippen LogP contribution in [-0.4, -0.2) is 39.3 Å². The highest BCUT2D eigenvalue weighted by atomic mass is 15.3. The van der Waals surface area contributed by atoms with Crippen molar-refractivity contribution >= 4 is 5.69 Å². The lowest BCUT2D eigenvalue weighted by Gasteiger charge is -2.30. The van der Waals surface area contributed by atoms with Crippen LogP contribution in [0.25, 0.3) is 0 Å². The Morgan fingerprint density at radius 3 is 2.64 bits per heavy atom. The molecule has 1 unspecified atom stereocenters. The third-order valence-electron chi connectivity index (χ3n) is 4.78. The molecular weight excluding hydrogens is 274 g/mol. The minimum absolute atomic E-state index is 0.523. The average molecular weight is 299 g/mol. The quantitative estimate of drug-likeness (QED) is 0.872. The number of hydrogen-bond donors (Lipinski definition) is 0. The smallest absolute Gasteiger partial charge is 0.146 e. The predicted molar refractivity (Wildman–Crippen MR) is 88.8 cm³/mol. The van der Waals surface area contributed by atoms with Crippen LogP contribution >= 0.6 is 0 Å². The van der Waals surface area contributed by atoms with Crippen molar-refractivity contribution in [2.24, 2.45) is 7.05 Å². The highest BCUT2D eigenvalue weighted by Gasteiger charge is 2.26. The molecule has 0 radical (unpaired) electrons. The van der Waals surface area contributed by atoms with E-state index in [9.17, 15) is 0 Å². The van der Waals surface area contributed by atoms with Gasteiger partial charge in [0.15, 0.2) is 0 Å². The lowest BCUT2D eigenvalue weighted by molar-refractivity contribution is 0.175. The van der Waals surface area contributed by atoms with Crippen LogP contribution in [0.4, 0.5) is 5.69 Å². The van der Waals surface area contributed by atoms with Gasteiger partial charge in [-0.15, -0.1) is 10.2 Å². The molecule has 3 rings (SSSR count). The Labute approximate surface area is 132 Å². The van der Waals surface area contributed by atoms with E-state index in [-0.39, 0.29) is 0 Å². The van der Waals surface area contributed by atoms with Crippen LogP contribution in [0.3, 0.4) is 0 Å². The first-order chi connectivity index (χ1) is 10.6. The number of fused-ring (bicyclic) bond motifs is 1. The zero-order valence-corrected chi connectivity index (χ0v) is 14.0. The molecule has 1 aromatic heterocycles. The number of aryl methyl sites for hydroxylation is 1. The van der Waals surface area contributed by atoms with Gasteiger partial charge in [0, 0.05) is 38.9 Å². The van der Waals surface area contributed by atoms with E-state index in [1.54, 1.807) is 0 Å². The molecule has 0 N–H and O–H groups in total. The summed E-state index contributed by atoms with van der Waals surface area (Å²) in [6.45, 7) is 7.12. The summed E-state index contributed by atoms with van der Waals surface area (Å²) in [5.74, 6) is 2.01. The Morgan fingerprint density at radius 1 is 1.18 bits per heavy atom. The Morgan fingerprint density at radius 2 is 1.95 bits per heavy atom. The minimum Gasteiger partial charge on any atom is -0.373 e. The molecule has 2 aromatic rings. The number of hydrogen-bond acceptors (Lipinski definition) is 4. The van der Waals surface area contributed by atoms with Crippen LogP contribution in [0.15, 0.2) is 24.3 Å². The van der Waals surface area contributed by atoms with Crippen molar-refractivity contribution in [2.45, 2.75) is 39.4 Å². The largest absolute Gasteiger partial charge is 0.373 e. The topological polar surface area (TPSA) is 37.2 Å². The van der Waals surface area contributed by atoms with Gasteiger partial charge in [0.25, 0.3) is 0 Å². The van der Waals surface area contributed by atoms with Gasteiger partial charge in [-0.2, -0.15) is 0 Å². The van der Waals surface area contributed by atoms with Crippen LogP contribution in [0.5, 0.6) is 0 Å². The molecule has 5 nitrogen and oxygen atoms in total. The third kappa shape index (κ3) is 2.73. The number of likely N-dealkylation sites (N-methyl/N-ethyl adjacent to an activating group) is 1. The molecule has 1 aliphatic rings. The molecule has 1 aliphatic heterocycles. The molecule has 1 aromatic carbocycles. The number of rotatable bonds is 3. The Balaban J connectivity index is 1.90. The fourth-order valence-corrected chi connectivity index (χ4v) is 3.24. The van der Waals surface area contributed by atoms with Crippen molar-refractivity contribution in [1.82, 2.24) is 19.7 Å². The maximum atomic E-state index is 4.34. The molecular formula is C17H25N5. The highest BCUT2D eigenvalue weighted by Crippen LogP contribution is 2.27. The number of anilines is 1. The summed E-state index contributed by atoms with van der Waals surface area (Å²) in [6.07, 6.45) is 1.13. The van der Waals surface area contributed by atoms with Crippen molar-refractivity contribution < 1.29 is 0 Å². The van der Waals surface area contributed by atoms with Crippen molar-refractivity contribution in [3.05, 3.63) is 41.5 Å². The van der Waals surface area contributed by atoms with Crippen molar-refractivity contribution in [2.75, 3.05) is 18.5 Å². The van der Waals surface area contributed by atoms with Crippen molar-refractivity contribution in [1.29, 1.82) is 0 Å². The second kappa shape index (κ2) is 6.08. The van der Waals surface area contributed by atoms with Gasteiger partial charge in [-0.05, 0) is 25.0 Å². The molecule has 1 atom stereocenters. The van der Waals surface area contributed by atoms with Gasteiger partial charge in [-0.1, -0.05) is 25.1 Å². The Bertz CT molecular complexity index is 648. The van der Waals surface area contributed by atoms with Gasteiger partial charge in [0.2, 0.25) is 0 Å². The molecule has 118 valence electrons. The van der Waals surface area contributed by atoms with Crippen molar-refractivity contribution in [3.63, 3.8) is 0 Å². The molecule has 0 saturated carbocycles. The lowest BCUT2D eigenvalue weighted by Crippen LogP contribution is -2.40. The predicted octanol–water partition coefficient (Wildman–Crippen LogP) is 2.35. The first kappa shape index (κ1) is 15.0. The third-order valence-corrected chi connectivity index (χ3v) is 4.78.